The summed E-state index contributed by atoms with van der Waals surface area (Å²) in [4.78, 5) is 55.8. The van der Waals surface area contributed by atoms with Crippen LogP contribution in [0.15, 0.2) is 60.8 Å². The Hall–Kier alpha value is -5.89. The van der Waals surface area contributed by atoms with Gasteiger partial charge in [-0.05, 0) is 93.9 Å². The Morgan fingerprint density at radius 3 is 2.45 bits per heavy atom. The number of terminal acetylenes is 1. The molecule has 1 aromatic heterocycles. The number of unbranched alkanes of at least 4 members (excludes halogenated alkanes) is 4. The highest BCUT2D eigenvalue weighted by molar-refractivity contribution is 7.70. The van der Waals surface area contributed by atoms with E-state index < -0.39 is 19.1 Å². The predicted molar refractivity (Wildman–Crippen MR) is 266 cm³/mol. The number of benzene rings is 3. The zero-order valence-electron chi connectivity index (χ0n) is 38.6. The lowest BCUT2D eigenvalue weighted by molar-refractivity contribution is -0.136. The number of aromatic nitrogens is 2. The summed E-state index contributed by atoms with van der Waals surface area (Å²) in [7, 11) is -0.884. The number of hydrogen-bond donors (Lipinski definition) is 3. The number of carbonyl (C=O) groups excluding carboxylic acids is 3. The van der Waals surface area contributed by atoms with Crippen LogP contribution in [-0.2, 0) is 20.7 Å². The summed E-state index contributed by atoms with van der Waals surface area (Å²) in [5.41, 5.74) is 5.16. The van der Waals surface area contributed by atoms with Gasteiger partial charge in [0.15, 0.2) is 5.82 Å². The van der Waals surface area contributed by atoms with Crippen molar-refractivity contribution in [2.45, 2.75) is 76.4 Å². The van der Waals surface area contributed by atoms with Gasteiger partial charge in [0, 0.05) is 98.4 Å². The summed E-state index contributed by atoms with van der Waals surface area (Å²) in [6.07, 6.45) is 15.2. The second-order valence-electron chi connectivity index (χ2n) is 18.0. The van der Waals surface area contributed by atoms with Crippen LogP contribution in [0.4, 0.5) is 28.8 Å². The number of piperazine rings is 1. The Bertz CT molecular complexity index is 2660. The van der Waals surface area contributed by atoms with Crippen molar-refractivity contribution >= 4 is 70.6 Å². The van der Waals surface area contributed by atoms with Crippen molar-refractivity contribution < 1.29 is 23.7 Å². The van der Waals surface area contributed by atoms with Crippen LogP contribution in [0.25, 0.3) is 0 Å². The van der Waals surface area contributed by atoms with Gasteiger partial charge in [-0.2, -0.15) is 4.98 Å². The van der Waals surface area contributed by atoms with E-state index in [0.717, 1.165) is 112 Å². The third kappa shape index (κ3) is 11.5. The molecule has 67 heavy (non-hydrogen) atoms. The van der Waals surface area contributed by atoms with Crippen LogP contribution in [0.2, 0.25) is 5.02 Å². The van der Waals surface area contributed by atoms with Crippen molar-refractivity contribution in [3.8, 4) is 29.9 Å². The maximum atomic E-state index is 13.3. The Kier molecular flexibility index (Phi) is 15.2. The van der Waals surface area contributed by atoms with Crippen LogP contribution in [0.3, 0.4) is 0 Å². The molecule has 4 aliphatic rings. The van der Waals surface area contributed by atoms with Gasteiger partial charge in [-0.15, -0.1) is 6.42 Å². The molecule has 1 unspecified atom stereocenters. The maximum Gasteiger partial charge on any atom is 0.255 e. The molecule has 4 aliphatic heterocycles. The van der Waals surface area contributed by atoms with E-state index in [2.05, 4.69) is 70.5 Å². The van der Waals surface area contributed by atoms with Crippen LogP contribution >= 0.6 is 18.7 Å². The molecule has 8 rings (SSSR count). The van der Waals surface area contributed by atoms with Crippen molar-refractivity contribution in [2.75, 3.05) is 81.8 Å². The SMILES string of the molecule is C#Cc1cc(C#CCCCCCCN2CCN(C3CCN(c4ccc(Nc5ncc(Cl)c(Nc6ccccc6P(C)(C)=O)n5)c(OC)c4)CC3)CC2)c2c(c1)C(=O)N(C1CCC(=O)NC1=O)C2. The third-order valence-corrected chi connectivity index (χ3v) is 15.1. The Balaban J connectivity index is 0.742. The van der Waals surface area contributed by atoms with E-state index in [0.29, 0.717) is 51.8 Å². The zero-order valence-corrected chi connectivity index (χ0v) is 40.2. The fourth-order valence-corrected chi connectivity index (χ4v) is 10.8. The molecule has 350 valence electrons. The molecule has 0 spiro atoms. The lowest BCUT2D eigenvalue weighted by Crippen LogP contribution is -2.53. The van der Waals surface area contributed by atoms with E-state index >= 15 is 0 Å². The minimum Gasteiger partial charge on any atom is -0.494 e. The number of fused-ring (bicyclic) bond motifs is 1. The molecule has 4 aromatic rings. The first kappa shape index (κ1) is 47.6. The molecule has 16 heteroatoms. The molecule has 3 amide bonds. The van der Waals surface area contributed by atoms with Crippen molar-refractivity contribution in [2.24, 2.45) is 0 Å². The largest absolute Gasteiger partial charge is 0.494 e. The summed E-state index contributed by atoms with van der Waals surface area (Å²) in [6.45, 7) is 11.2. The average Bonchev–Trinajstić information content (AvgIpc) is 3.66. The Morgan fingerprint density at radius 2 is 1.70 bits per heavy atom. The molecule has 3 fully saturated rings. The van der Waals surface area contributed by atoms with Crippen molar-refractivity contribution in [1.29, 1.82) is 0 Å². The van der Waals surface area contributed by atoms with Gasteiger partial charge in [-0.25, -0.2) is 4.98 Å². The summed E-state index contributed by atoms with van der Waals surface area (Å²) in [5, 5.41) is 9.97. The second-order valence-corrected chi connectivity index (χ2v) is 21.6. The quantitative estimate of drug-likeness (QED) is 0.0479. The molecule has 14 nitrogen and oxygen atoms in total. The number of halogens is 1. The molecule has 1 atom stereocenters. The molecule has 0 saturated carbocycles. The van der Waals surface area contributed by atoms with Crippen molar-refractivity contribution in [3.05, 3.63) is 88.1 Å². The number of carbonyl (C=O) groups is 3. The summed E-state index contributed by atoms with van der Waals surface area (Å²) in [5.74, 6) is 9.68. The number of anilines is 5. The van der Waals surface area contributed by atoms with Crippen molar-refractivity contribution in [3.63, 3.8) is 0 Å². The zero-order chi connectivity index (χ0) is 47.1. The van der Waals surface area contributed by atoms with Gasteiger partial charge < -0.3 is 34.6 Å². The number of methoxy groups -OCH3 is 1. The first-order chi connectivity index (χ1) is 32.4. The van der Waals surface area contributed by atoms with Crippen LogP contribution in [0.5, 0.6) is 5.75 Å². The lowest BCUT2D eigenvalue weighted by atomic mass is 9.99. The number of ether oxygens (including phenoxy) is 1. The first-order valence-electron chi connectivity index (χ1n) is 23.3. The molecule has 0 aliphatic carbocycles. The first-order valence-corrected chi connectivity index (χ1v) is 26.2. The van der Waals surface area contributed by atoms with Crippen LogP contribution in [0.1, 0.15) is 84.8 Å². The van der Waals surface area contributed by atoms with Gasteiger partial charge in [0.2, 0.25) is 17.8 Å². The standard InChI is InChI=1S/C51H59ClN9O5P/c1-5-35-30-36(40-34-61(50(64)39(40)31-35)44-19-20-47(62)56-49(44)63)14-10-8-6-7-9-13-23-58-26-28-60(29-27-58)37-21-24-59(25-22-37)38-17-18-42(45(32-38)66-2)55-51-53-33-41(52)48(57-51)54-43-15-11-12-16-46(43)67(3,4)65/h1,11-12,15-18,30-33,37,44H,6-9,13,19-29,34H2,2-4H3,(H,56,62,63)(H2,53,54,55,57). The molecular weight excluding hydrogens is 885 g/mol. The molecule has 3 N–H and O–H groups in total. The molecule has 0 radical (unpaired) electrons. The van der Waals surface area contributed by atoms with Crippen LogP contribution in [-0.4, -0.2) is 121 Å². The number of para-hydroxylation sites is 1. The summed E-state index contributed by atoms with van der Waals surface area (Å²) < 4.78 is 18.8. The van der Waals surface area contributed by atoms with E-state index in [4.69, 9.17) is 22.8 Å². The highest BCUT2D eigenvalue weighted by Gasteiger charge is 2.40. The number of hydrogen-bond acceptors (Lipinski definition) is 12. The van der Waals surface area contributed by atoms with E-state index in [1.807, 2.05) is 36.4 Å². The maximum absolute atomic E-state index is 13.3. The smallest absolute Gasteiger partial charge is 0.255 e. The van der Waals surface area contributed by atoms with E-state index in [1.165, 1.54) is 17.5 Å². The predicted octanol–water partition coefficient (Wildman–Crippen LogP) is 7.20. The van der Waals surface area contributed by atoms with Crippen LogP contribution in [0, 0.1) is 24.2 Å². The van der Waals surface area contributed by atoms with Gasteiger partial charge in [0.05, 0.1) is 24.7 Å². The van der Waals surface area contributed by atoms with Gasteiger partial charge in [-0.1, -0.05) is 54.3 Å². The van der Waals surface area contributed by atoms with E-state index in [1.54, 1.807) is 26.5 Å². The van der Waals surface area contributed by atoms with Crippen LogP contribution < -0.4 is 30.9 Å². The molecule has 3 aromatic carbocycles. The minimum atomic E-state index is -2.55. The lowest BCUT2D eigenvalue weighted by Gasteiger charge is -2.43. The monoisotopic (exact) mass is 943 g/mol. The second kappa shape index (κ2) is 21.4. The van der Waals surface area contributed by atoms with Gasteiger partial charge in [0.1, 0.15) is 24.0 Å². The number of rotatable bonds is 15. The summed E-state index contributed by atoms with van der Waals surface area (Å²) in [6, 6.07) is 17.1. The van der Waals surface area contributed by atoms with E-state index in [9.17, 15) is 18.9 Å². The molecular formula is C51H59ClN9O5P. The highest BCUT2D eigenvalue weighted by Crippen LogP contribution is 2.39. The van der Waals surface area contributed by atoms with Gasteiger partial charge >= 0.3 is 0 Å². The summed E-state index contributed by atoms with van der Waals surface area (Å²) >= 11 is 6.49. The topological polar surface area (TPSA) is 152 Å². The molecule has 3 saturated heterocycles. The third-order valence-electron chi connectivity index (χ3n) is 13.2. The Labute approximate surface area is 398 Å². The normalized spacial score (nSPS) is 18.2. The number of piperidine rings is 2. The van der Waals surface area contributed by atoms with Gasteiger partial charge in [0.25, 0.3) is 5.91 Å². The molecule has 5 heterocycles. The number of amides is 3. The van der Waals surface area contributed by atoms with Crippen molar-refractivity contribution in [1.82, 2.24) is 30.0 Å². The minimum absolute atomic E-state index is 0.209. The van der Waals surface area contributed by atoms with E-state index in [-0.39, 0.29) is 24.8 Å². The number of nitrogens with one attached hydrogen (secondary N) is 3. The fraction of sp³-hybridized carbons (Fsp3) is 0.431. The Morgan fingerprint density at radius 1 is 0.925 bits per heavy atom. The molecule has 0 bridgehead atoms. The fourth-order valence-electron chi connectivity index (χ4n) is 9.55. The van der Waals surface area contributed by atoms with Gasteiger partial charge in [-0.3, -0.25) is 24.6 Å². The number of nitrogens with zero attached hydrogens (tertiary/aromatic N) is 6. The average molecular weight is 945 g/mol. The number of imide groups is 1. The highest BCUT2D eigenvalue weighted by atomic mass is 35.5.